The Morgan fingerprint density at radius 2 is 1.33 bits per heavy atom. The van der Waals surface area contributed by atoms with E-state index < -0.39 is 32.5 Å². The fourth-order valence-electron chi connectivity index (χ4n) is 4.89. The molecule has 1 aliphatic rings. The zero-order chi connectivity index (χ0) is 30.7. The molecule has 1 saturated heterocycles. The number of halogens is 1. The molecule has 0 radical (unpaired) electrons. The second kappa shape index (κ2) is 12.9. The van der Waals surface area contributed by atoms with E-state index in [2.05, 4.69) is 33.9 Å². The summed E-state index contributed by atoms with van der Waals surface area (Å²) < 4.78 is 6.43. The number of β-lactam (4-membered cyclic amide) rings is 1. The van der Waals surface area contributed by atoms with Crippen molar-refractivity contribution >= 4 is 76.9 Å². The highest BCUT2D eigenvalue weighted by molar-refractivity contribution is 8.14. The summed E-state index contributed by atoms with van der Waals surface area (Å²) in [7, 11) is -2.23. The number of carbonyl (C=O) groups excluding carboxylic acids is 2. The van der Waals surface area contributed by atoms with Crippen molar-refractivity contribution in [2.45, 2.75) is 44.3 Å². The van der Waals surface area contributed by atoms with Gasteiger partial charge in [-0.05, 0) is 34.0 Å². The predicted octanol–water partition coefficient (Wildman–Crippen LogP) is 5.50. The van der Waals surface area contributed by atoms with Crippen LogP contribution in [0.1, 0.15) is 20.8 Å². The minimum absolute atomic E-state index is 0.0282. The minimum atomic E-state index is -3.14. The number of carbonyl (C=O) groups is 3. The molecule has 0 unspecified atom stereocenters. The van der Waals surface area contributed by atoms with Crippen molar-refractivity contribution in [1.82, 2.24) is 4.90 Å². The van der Waals surface area contributed by atoms with E-state index >= 15 is 0 Å². The highest BCUT2D eigenvalue weighted by Crippen LogP contribution is 2.50. The average molecular weight is 642 g/mol. The Balaban J connectivity index is 2.02. The Morgan fingerprint density at radius 1 is 0.905 bits per heavy atom. The summed E-state index contributed by atoms with van der Waals surface area (Å²) in [6.07, 6.45) is 0. The molecule has 1 amide bonds. The Bertz CT molecular complexity index is 1390. The molecule has 3 aromatic carbocycles. The zero-order valence-corrected chi connectivity index (χ0v) is 28.0. The normalized spacial score (nSPS) is 17.5. The summed E-state index contributed by atoms with van der Waals surface area (Å²) in [4.78, 5) is 41.8. The number of thioether (sulfide) groups is 1. The Kier molecular flexibility index (Phi) is 9.95. The summed E-state index contributed by atoms with van der Waals surface area (Å²) in [5.74, 6) is -2.51. The molecule has 222 valence electrons. The quantitative estimate of drug-likeness (QED) is 0.136. The molecule has 1 aliphatic heterocycles. The average Bonchev–Trinajstić information content (AvgIpc) is 2.97. The van der Waals surface area contributed by atoms with Crippen molar-refractivity contribution in [1.29, 1.82) is 0 Å². The van der Waals surface area contributed by atoms with Gasteiger partial charge in [0.2, 0.25) is 11.0 Å². The van der Waals surface area contributed by atoms with Gasteiger partial charge in [0.05, 0.1) is 11.8 Å². The third-order valence-corrected chi connectivity index (χ3v) is 18.5. The molecule has 0 aromatic heterocycles. The molecule has 1 fully saturated rings. The molecular formula is C32H37ClNO5PSSi. The molecule has 1 heterocycles. The maximum absolute atomic E-state index is 14.1. The van der Waals surface area contributed by atoms with Gasteiger partial charge in [0, 0.05) is 13.5 Å². The molecule has 0 spiro atoms. The first-order chi connectivity index (χ1) is 19.9. The van der Waals surface area contributed by atoms with Crippen LogP contribution in [0.4, 0.5) is 0 Å². The van der Waals surface area contributed by atoms with Gasteiger partial charge in [-0.25, -0.2) is 4.79 Å². The van der Waals surface area contributed by atoms with Crippen LogP contribution >= 0.6 is 30.2 Å². The summed E-state index contributed by atoms with van der Waals surface area (Å²) in [6.45, 7) is 7.53. The van der Waals surface area contributed by atoms with E-state index in [4.69, 9.17) is 16.0 Å². The Morgan fingerprint density at radius 3 is 1.69 bits per heavy atom. The number of rotatable bonds is 10. The smallest absolute Gasteiger partial charge is 0.353 e. The third-order valence-electron chi connectivity index (χ3n) is 8.11. The standard InChI is InChI=1S/C32H37ClNO5PSSi/c1-32(2,3)42(4,5)39-22-26-28(36)34(30(26)41-27(35)21-33)29(31(37)38)40(23-15-9-6-10-16-23,24-17-11-7-12-18-24)25-19-13-8-14-20-25/h6-20,26,30H,21-22H2,1-5H3,(H,37,38)/t26-,30+/m0/s1. The first-order valence-corrected chi connectivity index (χ1v) is 19.9. The van der Waals surface area contributed by atoms with Gasteiger partial charge in [-0.1, -0.05) is 124 Å². The molecule has 10 heteroatoms. The molecule has 0 bridgehead atoms. The van der Waals surface area contributed by atoms with Gasteiger partial charge in [0.1, 0.15) is 10.8 Å². The zero-order valence-electron chi connectivity index (χ0n) is 24.5. The van der Waals surface area contributed by atoms with Crippen LogP contribution in [0.25, 0.3) is 0 Å². The maximum Gasteiger partial charge on any atom is 0.353 e. The number of hydrogen-bond acceptors (Lipinski definition) is 5. The number of benzene rings is 3. The SMILES string of the molecule is CC(C)(C)[Si](C)(C)OC[C@H]1C(=O)N(C(C(=O)O)=P(c2ccccc2)(c2ccccc2)c2ccccc2)[C@@H]1SC(=O)CCl. The molecule has 4 rings (SSSR count). The van der Waals surface area contributed by atoms with Crippen LogP contribution in [0.3, 0.4) is 0 Å². The summed E-state index contributed by atoms with van der Waals surface area (Å²) in [6, 6.07) is 28.5. The second-order valence-electron chi connectivity index (χ2n) is 11.7. The number of carboxylic acid groups (broad SMARTS) is 1. The van der Waals surface area contributed by atoms with E-state index in [1.54, 1.807) is 0 Å². The number of hydrogen-bond donors (Lipinski definition) is 1. The van der Waals surface area contributed by atoms with Crippen molar-refractivity contribution in [3.05, 3.63) is 91.0 Å². The number of aliphatic carboxylic acids is 1. The lowest BCUT2D eigenvalue weighted by atomic mass is 9.99. The molecule has 0 saturated carbocycles. The van der Waals surface area contributed by atoms with Gasteiger partial charge in [-0.15, -0.1) is 11.6 Å². The van der Waals surface area contributed by atoms with Crippen LogP contribution < -0.4 is 15.9 Å². The Labute approximate surface area is 258 Å². The van der Waals surface area contributed by atoms with Crippen LogP contribution in [0.15, 0.2) is 91.0 Å². The van der Waals surface area contributed by atoms with E-state index in [1.807, 2.05) is 91.0 Å². The Hall–Kier alpha value is -2.61. The fourth-order valence-corrected chi connectivity index (χ4v) is 11.5. The van der Waals surface area contributed by atoms with Crippen LogP contribution in [-0.4, -0.2) is 58.6 Å². The number of nitrogens with zero attached hydrogens (tertiary/aromatic N) is 1. The lowest BCUT2D eigenvalue weighted by molar-refractivity contribution is -0.147. The highest BCUT2D eigenvalue weighted by Gasteiger charge is 2.55. The third kappa shape index (κ3) is 6.06. The molecular weight excluding hydrogens is 605 g/mol. The summed E-state index contributed by atoms with van der Waals surface area (Å²) >= 11 is 6.84. The molecule has 42 heavy (non-hydrogen) atoms. The second-order valence-corrected chi connectivity index (χ2v) is 21.3. The molecule has 6 nitrogen and oxygen atoms in total. The highest BCUT2D eigenvalue weighted by atomic mass is 35.5. The molecule has 3 aromatic rings. The van der Waals surface area contributed by atoms with Crippen LogP contribution in [0, 0.1) is 5.92 Å². The van der Waals surface area contributed by atoms with E-state index in [9.17, 15) is 19.5 Å². The molecule has 0 aliphatic carbocycles. The van der Waals surface area contributed by atoms with Crippen LogP contribution in [0.5, 0.6) is 0 Å². The van der Waals surface area contributed by atoms with Crippen molar-refractivity contribution in [2.75, 3.05) is 12.5 Å². The number of likely N-dealkylation sites (tertiary alicyclic amines) is 1. The first-order valence-electron chi connectivity index (χ1n) is 13.8. The lowest BCUT2D eigenvalue weighted by Gasteiger charge is -2.49. The topological polar surface area (TPSA) is 83.9 Å². The van der Waals surface area contributed by atoms with Crippen LogP contribution in [0.2, 0.25) is 18.1 Å². The molecule has 2 atom stereocenters. The van der Waals surface area contributed by atoms with E-state index in [1.165, 1.54) is 4.90 Å². The summed E-state index contributed by atoms with van der Waals surface area (Å²) in [5.41, 5.74) is -0.0282. The molecule has 1 N–H and O–H groups in total. The van der Waals surface area contributed by atoms with Crippen molar-refractivity contribution in [3.8, 4) is 0 Å². The van der Waals surface area contributed by atoms with E-state index in [0.29, 0.717) is 0 Å². The fraction of sp³-hybridized carbons (Fsp3) is 0.312. The minimum Gasteiger partial charge on any atom is -0.477 e. The van der Waals surface area contributed by atoms with Gasteiger partial charge in [-0.3, -0.25) is 14.5 Å². The van der Waals surface area contributed by atoms with E-state index in [-0.39, 0.29) is 34.0 Å². The van der Waals surface area contributed by atoms with Gasteiger partial charge in [0.15, 0.2) is 8.32 Å². The van der Waals surface area contributed by atoms with Gasteiger partial charge in [-0.2, -0.15) is 0 Å². The van der Waals surface area contributed by atoms with Crippen molar-refractivity contribution < 1.29 is 23.9 Å². The number of carboxylic acids is 1. The van der Waals surface area contributed by atoms with Crippen molar-refractivity contribution in [3.63, 3.8) is 0 Å². The van der Waals surface area contributed by atoms with Gasteiger partial charge < -0.3 is 9.53 Å². The summed E-state index contributed by atoms with van der Waals surface area (Å²) in [5, 5.41) is 12.3. The van der Waals surface area contributed by atoms with Crippen molar-refractivity contribution in [2.24, 2.45) is 5.92 Å². The first kappa shape index (κ1) is 32.3. The maximum atomic E-state index is 14.1. The predicted molar refractivity (Wildman–Crippen MR) is 178 cm³/mol. The number of alkyl halides is 1. The van der Waals surface area contributed by atoms with Gasteiger partial charge in [0.25, 0.3) is 0 Å². The number of amides is 1. The van der Waals surface area contributed by atoms with E-state index in [0.717, 1.165) is 27.7 Å². The largest absolute Gasteiger partial charge is 0.477 e. The lowest BCUT2D eigenvalue weighted by Crippen LogP contribution is -2.66. The van der Waals surface area contributed by atoms with Crippen LogP contribution in [-0.2, 0) is 18.8 Å². The van der Waals surface area contributed by atoms with Gasteiger partial charge >= 0.3 is 5.97 Å². The monoisotopic (exact) mass is 641 g/mol.